The highest BCUT2D eigenvalue weighted by Gasteiger charge is 2.30. The van der Waals surface area contributed by atoms with Gasteiger partial charge in [-0.25, -0.2) is 4.98 Å². The largest absolute Gasteiger partial charge is 0.382 e. The van der Waals surface area contributed by atoms with Crippen molar-refractivity contribution >= 4 is 40.0 Å². The van der Waals surface area contributed by atoms with E-state index in [1.165, 1.54) is 42.8 Å². The average Bonchev–Trinajstić information content (AvgIpc) is 2.98. The zero-order valence-corrected chi connectivity index (χ0v) is 13.9. The number of nitrogens with two attached hydrogens (primary N) is 1. The van der Waals surface area contributed by atoms with Gasteiger partial charge < -0.3 is 16.4 Å². The molecule has 21 heavy (non-hydrogen) atoms. The zero-order valence-electron chi connectivity index (χ0n) is 12.3. The molecule has 4 N–H and O–H groups in total. The second-order valence-electron chi connectivity index (χ2n) is 6.09. The van der Waals surface area contributed by atoms with Crippen LogP contribution in [0.4, 0.5) is 10.9 Å². The smallest absolute Gasteiger partial charge is 0.265 e. The van der Waals surface area contributed by atoms with Gasteiger partial charge in [0.05, 0.1) is 0 Å². The molecule has 116 valence electrons. The number of nitrogens with one attached hydrogen (secondary N) is 2. The van der Waals surface area contributed by atoms with E-state index in [9.17, 15) is 4.79 Å². The molecule has 2 aliphatic rings. The van der Waals surface area contributed by atoms with E-state index in [-0.39, 0.29) is 10.7 Å². The van der Waals surface area contributed by atoms with Crippen LogP contribution in [0.25, 0.3) is 0 Å². The van der Waals surface area contributed by atoms with Crippen LogP contribution in [0.1, 0.15) is 48.7 Å². The van der Waals surface area contributed by atoms with Gasteiger partial charge in [-0.15, -0.1) is 0 Å². The summed E-state index contributed by atoms with van der Waals surface area (Å²) >= 11 is 3.30. The Morgan fingerprint density at radius 1 is 1.48 bits per heavy atom. The highest BCUT2D eigenvalue weighted by atomic mass is 32.2. The van der Waals surface area contributed by atoms with Crippen molar-refractivity contribution in [3.8, 4) is 0 Å². The first-order chi connectivity index (χ1) is 10.1. The number of nitrogens with zero attached hydrogens (tertiary/aromatic N) is 1. The molecule has 0 spiro atoms. The van der Waals surface area contributed by atoms with Gasteiger partial charge in [0.15, 0.2) is 5.13 Å². The fraction of sp³-hybridized carbons (Fsp3) is 0.714. The topological polar surface area (TPSA) is 80.0 Å². The van der Waals surface area contributed by atoms with E-state index in [4.69, 9.17) is 5.73 Å². The fourth-order valence-corrected chi connectivity index (χ4v) is 4.73. The molecule has 1 unspecified atom stereocenters. The van der Waals surface area contributed by atoms with Crippen molar-refractivity contribution in [1.29, 1.82) is 0 Å². The van der Waals surface area contributed by atoms with Crippen LogP contribution in [0.5, 0.6) is 0 Å². The van der Waals surface area contributed by atoms with Gasteiger partial charge in [0, 0.05) is 17.3 Å². The van der Waals surface area contributed by atoms with Crippen LogP contribution in [-0.2, 0) is 0 Å². The monoisotopic (exact) mass is 326 g/mol. The molecule has 1 amide bonds. The number of carbonyl (C=O) groups is 1. The first kappa shape index (κ1) is 15.0. The molecule has 1 aromatic heterocycles. The number of amides is 1. The summed E-state index contributed by atoms with van der Waals surface area (Å²) in [7, 11) is 0. The van der Waals surface area contributed by atoms with Crippen LogP contribution in [0.15, 0.2) is 0 Å². The predicted molar refractivity (Wildman–Crippen MR) is 90.2 cm³/mol. The summed E-state index contributed by atoms with van der Waals surface area (Å²) in [6.45, 7) is 2.91. The quantitative estimate of drug-likeness (QED) is 0.775. The fourth-order valence-electron chi connectivity index (χ4n) is 2.61. The van der Waals surface area contributed by atoms with E-state index < -0.39 is 0 Å². The number of nitrogen functional groups attached to an aromatic ring is 1. The Bertz CT molecular complexity index is 521. The number of thiazole rings is 1. The number of carbonyl (C=O) groups excluding carboxylic acids is 1. The Hall–Kier alpha value is -0.950. The number of aromatic nitrogens is 1. The molecule has 3 rings (SSSR count). The van der Waals surface area contributed by atoms with Crippen molar-refractivity contribution in [3.05, 3.63) is 4.88 Å². The number of thioether (sulfide) groups is 1. The number of hydrogen-bond acceptors (Lipinski definition) is 6. The molecule has 0 bridgehead atoms. The highest BCUT2D eigenvalue weighted by molar-refractivity contribution is 8.00. The number of rotatable bonds is 5. The maximum atomic E-state index is 12.3. The maximum Gasteiger partial charge on any atom is 0.265 e. The Morgan fingerprint density at radius 3 is 2.90 bits per heavy atom. The molecule has 1 aliphatic heterocycles. The van der Waals surface area contributed by atoms with Gasteiger partial charge >= 0.3 is 0 Å². The van der Waals surface area contributed by atoms with Gasteiger partial charge in [-0.3, -0.25) is 4.79 Å². The van der Waals surface area contributed by atoms with Crippen LogP contribution in [0, 0.1) is 0 Å². The number of anilines is 2. The maximum absolute atomic E-state index is 12.3. The zero-order chi connectivity index (χ0) is 14.9. The van der Waals surface area contributed by atoms with Crippen LogP contribution in [0.3, 0.4) is 0 Å². The molecule has 0 aromatic carbocycles. The van der Waals surface area contributed by atoms with Crippen molar-refractivity contribution in [2.24, 2.45) is 0 Å². The molecule has 2 fully saturated rings. The molecule has 1 saturated carbocycles. The molecular formula is C14H22N4OS2. The van der Waals surface area contributed by atoms with Crippen LogP contribution in [-0.4, -0.2) is 34.0 Å². The minimum atomic E-state index is -0.0969. The Balaban J connectivity index is 1.58. The summed E-state index contributed by atoms with van der Waals surface area (Å²) in [5, 5.41) is 7.13. The molecule has 2 heterocycles. The second kappa shape index (κ2) is 6.04. The van der Waals surface area contributed by atoms with E-state index in [0.29, 0.717) is 23.3 Å². The molecule has 1 saturated heterocycles. The Morgan fingerprint density at radius 2 is 2.29 bits per heavy atom. The SMILES string of the molecule is CC1(CNC(=O)c2sc(NC3CCC3)nc2N)CCCS1. The predicted octanol–water partition coefficient (Wildman–Crippen LogP) is 2.71. The third kappa shape index (κ3) is 3.45. The Kier molecular flexibility index (Phi) is 4.31. The minimum absolute atomic E-state index is 0.0969. The average molecular weight is 326 g/mol. The summed E-state index contributed by atoms with van der Waals surface area (Å²) in [6.07, 6.45) is 6.01. The first-order valence-corrected chi connectivity index (χ1v) is 9.31. The van der Waals surface area contributed by atoms with Crippen molar-refractivity contribution in [2.75, 3.05) is 23.3 Å². The van der Waals surface area contributed by atoms with E-state index >= 15 is 0 Å². The van der Waals surface area contributed by atoms with E-state index in [0.717, 1.165) is 11.6 Å². The van der Waals surface area contributed by atoms with E-state index in [1.54, 1.807) is 0 Å². The van der Waals surface area contributed by atoms with Crippen molar-refractivity contribution < 1.29 is 4.79 Å². The molecular weight excluding hydrogens is 304 g/mol. The van der Waals surface area contributed by atoms with Gasteiger partial charge in [-0.2, -0.15) is 11.8 Å². The van der Waals surface area contributed by atoms with Gasteiger partial charge in [0.25, 0.3) is 5.91 Å². The second-order valence-corrected chi connectivity index (χ2v) is 8.77. The number of hydrogen-bond donors (Lipinski definition) is 3. The summed E-state index contributed by atoms with van der Waals surface area (Å²) in [4.78, 5) is 17.1. The molecule has 7 heteroatoms. The molecule has 0 radical (unpaired) electrons. The minimum Gasteiger partial charge on any atom is -0.382 e. The normalized spacial score (nSPS) is 25.6. The van der Waals surface area contributed by atoms with Gasteiger partial charge in [-0.1, -0.05) is 11.3 Å². The standard InChI is InChI=1S/C14H22N4OS2/c1-14(6-3-7-20-14)8-16-12(19)10-11(15)18-13(21-10)17-9-4-2-5-9/h9H,2-8,15H2,1H3,(H,16,19)(H,17,18). The third-order valence-electron chi connectivity index (χ3n) is 4.22. The molecule has 5 nitrogen and oxygen atoms in total. The molecule has 1 aromatic rings. The van der Waals surface area contributed by atoms with Crippen molar-refractivity contribution in [3.63, 3.8) is 0 Å². The summed E-state index contributed by atoms with van der Waals surface area (Å²) in [5.41, 5.74) is 5.89. The molecule has 1 aliphatic carbocycles. The summed E-state index contributed by atoms with van der Waals surface area (Å²) in [6, 6.07) is 0.500. The van der Waals surface area contributed by atoms with E-state index in [1.807, 2.05) is 11.8 Å². The van der Waals surface area contributed by atoms with Gasteiger partial charge in [0.2, 0.25) is 0 Å². The van der Waals surface area contributed by atoms with Crippen LogP contribution >= 0.6 is 23.1 Å². The van der Waals surface area contributed by atoms with Gasteiger partial charge in [0.1, 0.15) is 10.7 Å². The lowest BCUT2D eigenvalue weighted by atomic mass is 9.93. The van der Waals surface area contributed by atoms with Crippen LogP contribution in [0.2, 0.25) is 0 Å². The van der Waals surface area contributed by atoms with Gasteiger partial charge in [-0.05, 0) is 44.8 Å². The van der Waals surface area contributed by atoms with Crippen molar-refractivity contribution in [1.82, 2.24) is 10.3 Å². The van der Waals surface area contributed by atoms with E-state index in [2.05, 4.69) is 22.5 Å². The third-order valence-corrected chi connectivity index (χ3v) is 6.76. The Labute approximate surface area is 133 Å². The highest BCUT2D eigenvalue weighted by Crippen LogP contribution is 2.37. The first-order valence-electron chi connectivity index (χ1n) is 7.51. The lowest BCUT2D eigenvalue weighted by molar-refractivity contribution is 0.0954. The summed E-state index contributed by atoms with van der Waals surface area (Å²) < 4.78 is 0.169. The lowest BCUT2D eigenvalue weighted by Crippen LogP contribution is -2.36. The van der Waals surface area contributed by atoms with Crippen LogP contribution < -0.4 is 16.4 Å². The lowest BCUT2D eigenvalue weighted by Gasteiger charge is -2.25. The summed E-state index contributed by atoms with van der Waals surface area (Å²) in [5.74, 6) is 1.42. The molecule has 1 atom stereocenters. The van der Waals surface area contributed by atoms with Crippen molar-refractivity contribution in [2.45, 2.75) is 49.8 Å².